The number of hydrogen-bond donors (Lipinski definition) is 1. The van der Waals surface area contributed by atoms with Crippen LogP contribution in [0.15, 0.2) is 24.3 Å². The van der Waals surface area contributed by atoms with Crippen LogP contribution in [0.4, 0.5) is 0 Å². The van der Waals surface area contributed by atoms with E-state index in [9.17, 15) is 0 Å². The Hall–Kier alpha value is -0.530. The molecule has 1 aliphatic rings. The lowest BCUT2D eigenvalue weighted by molar-refractivity contribution is 0.267. The fourth-order valence-electron chi connectivity index (χ4n) is 3.25. The van der Waals surface area contributed by atoms with E-state index in [4.69, 9.17) is 11.6 Å². The van der Waals surface area contributed by atoms with Gasteiger partial charge in [0.1, 0.15) is 0 Å². The Morgan fingerprint density at radius 1 is 1.11 bits per heavy atom. The fourth-order valence-corrected chi connectivity index (χ4v) is 3.38. The van der Waals surface area contributed by atoms with E-state index in [1.54, 1.807) is 0 Å². The van der Waals surface area contributed by atoms with E-state index in [0.717, 1.165) is 17.4 Å². The average Bonchev–Trinajstić information content (AvgIpc) is 2.42. The van der Waals surface area contributed by atoms with Crippen molar-refractivity contribution >= 4 is 11.6 Å². The second kappa shape index (κ2) is 7.31. The first-order valence-corrected chi connectivity index (χ1v) is 8.03. The summed E-state index contributed by atoms with van der Waals surface area (Å²) < 4.78 is 0. The van der Waals surface area contributed by atoms with Gasteiger partial charge >= 0.3 is 0 Å². The third-order valence-corrected chi connectivity index (χ3v) is 4.61. The molecule has 0 aromatic heterocycles. The van der Waals surface area contributed by atoms with Crippen LogP contribution in [0.5, 0.6) is 0 Å². The van der Waals surface area contributed by atoms with E-state index in [2.05, 4.69) is 31.3 Å². The second-order valence-electron chi connectivity index (χ2n) is 6.09. The first-order valence-electron chi connectivity index (χ1n) is 7.65. The van der Waals surface area contributed by atoms with Gasteiger partial charge in [0.25, 0.3) is 0 Å². The first-order chi connectivity index (χ1) is 9.15. The third kappa shape index (κ3) is 4.81. The van der Waals surface area contributed by atoms with Crippen molar-refractivity contribution in [3.05, 3.63) is 34.9 Å². The van der Waals surface area contributed by atoms with Crippen molar-refractivity contribution in [3.63, 3.8) is 0 Å². The summed E-state index contributed by atoms with van der Waals surface area (Å²) in [5.41, 5.74) is 1.36. The van der Waals surface area contributed by atoms with E-state index >= 15 is 0 Å². The average molecular weight is 280 g/mol. The molecule has 1 fully saturated rings. The van der Waals surface area contributed by atoms with Gasteiger partial charge in [-0.1, -0.05) is 43.0 Å². The molecule has 1 N–H and O–H groups in total. The molecule has 1 saturated carbocycles. The zero-order valence-corrected chi connectivity index (χ0v) is 12.9. The predicted octanol–water partition coefficient (Wildman–Crippen LogP) is 4.83. The summed E-state index contributed by atoms with van der Waals surface area (Å²) in [6.07, 6.45) is 8.16. The molecule has 1 unspecified atom stereocenters. The normalized spacial score (nSPS) is 20.2. The number of halogens is 1. The molecule has 1 aliphatic carbocycles. The van der Waals surface area contributed by atoms with Crippen LogP contribution in [-0.2, 0) is 6.42 Å². The van der Waals surface area contributed by atoms with Crippen LogP contribution in [0.1, 0.15) is 51.5 Å². The lowest BCUT2D eigenvalue weighted by Gasteiger charge is -2.30. The molecule has 1 aromatic carbocycles. The molecule has 2 rings (SSSR count). The fraction of sp³-hybridized carbons (Fsp3) is 0.647. The van der Waals surface area contributed by atoms with Gasteiger partial charge in [-0.25, -0.2) is 0 Å². The molecule has 0 radical (unpaired) electrons. The largest absolute Gasteiger partial charge is 0.311 e. The highest BCUT2D eigenvalue weighted by Crippen LogP contribution is 2.26. The zero-order chi connectivity index (χ0) is 13.7. The van der Waals surface area contributed by atoms with Crippen LogP contribution < -0.4 is 5.32 Å². The molecule has 1 nitrogen and oxygen atoms in total. The number of benzene rings is 1. The maximum atomic E-state index is 5.92. The predicted molar refractivity (Wildman–Crippen MR) is 83.8 cm³/mol. The Balaban J connectivity index is 1.79. The molecule has 19 heavy (non-hydrogen) atoms. The van der Waals surface area contributed by atoms with Crippen LogP contribution >= 0.6 is 11.6 Å². The van der Waals surface area contributed by atoms with Crippen molar-refractivity contribution in [2.75, 3.05) is 0 Å². The van der Waals surface area contributed by atoms with Gasteiger partial charge in [0, 0.05) is 17.1 Å². The van der Waals surface area contributed by atoms with Crippen LogP contribution in [0, 0.1) is 5.92 Å². The number of nitrogens with one attached hydrogen (secondary N) is 1. The van der Waals surface area contributed by atoms with Crippen molar-refractivity contribution < 1.29 is 0 Å². The van der Waals surface area contributed by atoms with Crippen molar-refractivity contribution in [2.45, 2.75) is 64.5 Å². The maximum absolute atomic E-state index is 5.92. The highest BCUT2D eigenvalue weighted by Gasteiger charge is 2.20. The molecule has 2 heteroatoms. The molecular formula is C17H26ClN. The van der Waals surface area contributed by atoms with Gasteiger partial charge < -0.3 is 5.32 Å². The lowest BCUT2D eigenvalue weighted by Crippen LogP contribution is -2.41. The minimum Gasteiger partial charge on any atom is -0.311 e. The summed E-state index contributed by atoms with van der Waals surface area (Å²) in [6.45, 7) is 4.64. The first kappa shape index (κ1) is 14.9. The van der Waals surface area contributed by atoms with Crippen LogP contribution in [-0.4, -0.2) is 12.1 Å². The Morgan fingerprint density at radius 3 is 2.37 bits per heavy atom. The Bertz CT molecular complexity index is 367. The van der Waals surface area contributed by atoms with Gasteiger partial charge in [0.2, 0.25) is 0 Å². The molecule has 1 aromatic rings. The second-order valence-corrected chi connectivity index (χ2v) is 6.52. The summed E-state index contributed by atoms with van der Waals surface area (Å²) in [4.78, 5) is 0. The minimum absolute atomic E-state index is 0.526. The van der Waals surface area contributed by atoms with E-state index in [0.29, 0.717) is 12.1 Å². The van der Waals surface area contributed by atoms with Gasteiger partial charge in [-0.15, -0.1) is 0 Å². The summed E-state index contributed by atoms with van der Waals surface area (Å²) in [7, 11) is 0. The highest BCUT2D eigenvalue weighted by atomic mass is 35.5. The Labute approximate surface area is 122 Å². The number of rotatable bonds is 5. The molecule has 0 bridgehead atoms. The van der Waals surface area contributed by atoms with Crippen molar-refractivity contribution in [1.29, 1.82) is 0 Å². The van der Waals surface area contributed by atoms with Crippen molar-refractivity contribution in [1.82, 2.24) is 5.32 Å². The topological polar surface area (TPSA) is 12.0 Å². The van der Waals surface area contributed by atoms with Gasteiger partial charge in [0.05, 0.1) is 0 Å². The molecule has 106 valence electrons. The molecule has 0 heterocycles. The van der Waals surface area contributed by atoms with Crippen LogP contribution in [0.2, 0.25) is 5.02 Å². The lowest BCUT2D eigenvalue weighted by atomic mass is 9.84. The minimum atomic E-state index is 0.526. The standard InChI is InChI=1S/C17H26ClN/c1-13(12-15-8-10-17(18)11-9-15)19-14(2)16-6-4-3-5-7-16/h8-11,13-14,16,19H,3-7,12H2,1-2H3/t13?,14-/m0/s1. The van der Waals surface area contributed by atoms with Gasteiger partial charge in [-0.2, -0.15) is 0 Å². The summed E-state index contributed by atoms with van der Waals surface area (Å²) in [6, 6.07) is 9.39. The molecule has 0 saturated heterocycles. The number of hydrogen-bond acceptors (Lipinski definition) is 1. The summed E-state index contributed by atoms with van der Waals surface area (Å²) >= 11 is 5.92. The molecule has 0 aliphatic heterocycles. The zero-order valence-electron chi connectivity index (χ0n) is 12.2. The van der Waals surface area contributed by atoms with E-state index in [1.807, 2.05) is 12.1 Å². The van der Waals surface area contributed by atoms with Crippen molar-refractivity contribution in [3.8, 4) is 0 Å². The van der Waals surface area contributed by atoms with Crippen LogP contribution in [0.3, 0.4) is 0 Å². The SMILES string of the molecule is CC(Cc1ccc(Cl)cc1)N[C@@H](C)C1CCCCC1. The Morgan fingerprint density at radius 2 is 1.74 bits per heavy atom. The van der Waals surface area contributed by atoms with E-state index in [-0.39, 0.29) is 0 Å². The smallest absolute Gasteiger partial charge is 0.0406 e. The van der Waals surface area contributed by atoms with Crippen LogP contribution in [0.25, 0.3) is 0 Å². The Kier molecular flexibility index (Phi) is 5.72. The molecule has 0 amide bonds. The van der Waals surface area contributed by atoms with Gasteiger partial charge in [-0.3, -0.25) is 0 Å². The quantitative estimate of drug-likeness (QED) is 0.814. The molecule has 0 spiro atoms. The molecular weight excluding hydrogens is 254 g/mol. The van der Waals surface area contributed by atoms with Crippen molar-refractivity contribution in [2.24, 2.45) is 5.92 Å². The highest BCUT2D eigenvalue weighted by molar-refractivity contribution is 6.30. The molecule has 2 atom stereocenters. The summed E-state index contributed by atoms with van der Waals surface area (Å²) in [5, 5.41) is 4.60. The van der Waals surface area contributed by atoms with E-state index < -0.39 is 0 Å². The van der Waals surface area contributed by atoms with E-state index in [1.165, 1.54) is 37.7 Å². The van der Waals surface area contributed by atoms with Gasteiger partial charge in [-0.05, 0) is 56.7 Å². The third-order valence-electron chi connectivity index (χ3n) is 4.36. The maximum Gasteiger partial charge on any atom is 0.0406 e. The monoisotopic (exact) mass is 279 g/mol. The summed E-state index contributed by atoms with van der Waals surface area (Å²) in [5.74, 6) is 0.876. The van der Waals surface area contributed by atoms with Gasteiger partial charge in [0.15, 0.2) is 0 Å².